The van der Waals surface area contributed by atoms with Crippen LogP contribution in [-0.4, -0.2) is 34.9 Å². The van der Waals surface area contributed by atoms with Crippen LogP contribution in [0.4, 0.5) is 8.78 Å². The predicted molar refractivity (Wildman–Crippen MR) is 107 cm³/mol. The summed E-state index contributed by atoms with van der Waals surface area (Å²) >= 11 is 6.34. The summed E-state index contributed by atoms with van der Waals surface area (Å²) in [6.07, 6.45) is 2.22. The van der Waals surface area contributed by atoms with Crippen molar-refractivity contribution in [1.82, 2.24) is 14.5 Å². The number of aryl methyl sites for hydroxylation is 1. The van der Waals surface area contributed by atoms with Crippen LogP contribution in [0.15, 0.2) is 35.3 Å². The highest BCUT2D eigenvalue weighted by atomic mass is 35.5. The number of aromatic nitrogens is 3. The Hall–Kier alpha value is -2.58. The van der Waals surface area contributed by atoms with Crippen molar-refractivity contribution in [3.05, 3.63) is 51.5 Å². The number of rotatable bonds is 7. The van der Waals surface area contributed by atoms with Crippen molar-refractivity contribution in [3.63, 3.8) is 0 Å². The lowest BCUT2D eigenvalue weighted by atomic mass is 10.0. The van der Waals surface area contributed by atoms with Crippen molar-refractivity contribution in [2.45, 2.75) is 32.9 Å². The second kappa shape index (κ2) is 8.84. The monoisotopic (exact) mass is 423 g/mol. The molecule has 2 heterocycles. The molecule has 3 rings (SSSR count). The van der Waals surface area contributed by atoms with Gasteiger partial charge in [-0.25, -0.2) is 9.97 Å². The Bertz CT molecular complexity index is 1090. The highest BCUT2D eigenvalue weighted by Gasteiger charge is 2.20. The molecule has 0 bridgehead atoms. The highest BCUT2D eigenvalue weighted by molar-refractivity contribution is 6.33. The summed E-state index contributed by atoms with van der Waals surface area (Å²) in [6.45, 7) is 1.00. The molecule has 0 fully saturated rings. The van der Waals surface area contributed by atoms with E-state index in [2.05, 4.69) is 14.7 Å². The molecule has 1 aromatic carbocycles. The Labute approximate surface area is 171 Å². The molecule has 2 aromatic heterocycles. The van der Waals surface area contributed by atoms with E-state index in [0.717, 1.165) is 0 Å². The molecule has 1 atom stereocenters. The van der Waals surface area contributed by atoms with E-state index < -0.39 is 6.61 Å². The molecule has 0 aliphatic heterocycles. The van der Waals surface area contributed by atoms with E-state index in [9.17, 15) is 13.6 Å². The van der Waals surface area contributed by atoms with Crippen molar-refractivity contribution >= 4 is 22.8 Å². The van der Waals surface area contributed by atoms with Crippen LogP contribution in [-0.2, 0) is 4.74 Å². The molecule has 6 nitrogen and oxygen atoms in total. The maximum absolute atomic E-state index is 12.8. The minimum Gasteiger partial charge on any atom is -0.435 e. The maximum atomic E-state index is 12.8. The first-order valence-corrected chi connectivity index (χ1v) is 9.36. The third-order valence-electron chi connectivity index (χ3n) is 4.59. The second-order valence-electron chi connectivity index (χ2n) is 6.44. The molecule has 0 saturated heterocycles. The van der Waals surface area contributed by atoms with Crippen LogP contribution in [0.2, 0.25) is 5.02 Å². The van der Waals surface area contributed by atoms with Gasteiger partial charge < -0.3 is 9.47 Å². The topological polar surface area (TPSA) is 66.2 Å². The third-order valence-corrected chi connectivity index (χ3v) is 4.91. The number of nitrogens with zero attached hydrogens (tertiary/aromatic N) is 3. The average Bonchev–Trinajstić information content (AvgIpc) is 2.67. The van der Waals surface area contributed by atoms with Crippen LogP contribution >= 0.6 is 11.6 Å². The van der Waals surface area contributed by atoms with Gasteiger partial charge in [-0.3, -0.25) is 9.36 Å². The normalized spacial score (nSPS) is 12.5. The third kappa shape index (κ3) is 4.23. The van der Waals surface area contributed by atoms with Gasteiger partial charge >= 0.3 is 6.61 Å². The van der Waals surface area contributed by atoms with Crippen LogP contribution in [0.1, 0.15) is 25.1 Å². The Morgan fingerprint density at radius 3 is 2.62 bits per heavy atom. The highest BCUT2D eigenvalue weighted by Crippen LogP contribution is 2.35. The number of hydrogen-bond donors (Lipinski definition) is 0. The first-order chi connectivity index (χ1) is 13.9. The zero-order valence-corrected chi connectivity index (χ0v) is 16.9. The van der Waals surface area contributed by atoms with Crippen molar-refractivity contribution < 1.29 is 18.3 Å². The Morgan fingerprint density at radius 2 is 2.00 bits per heavy atom. The fourth-order valence-electron chi connectivity index (χ4n) is 3.23. The summed E-state index contributed by atoms with van der Waals surface area (Å²) in [4.78, 5) is 21.7. The number of alkyl halides is 2. The molecule has 0 aliphatic rings. The van der Waals surface area contributed by atoms with E-state index in [1.165, 1.54) is 12.1 Å². The molecule has 0 aliphatic carbocycles. The van der Waals surface area contributed by atoms with E-state index in [4.69, 9.17) is 16.3 Å². The van der Waals surface area contributed by atoms with Gasteiger partial charge in [0.05, 0.1) is 17.7 Å². The number of fused-ring (bicyclic) bond motifs is 1. The van der Waals surface area contributed by atoms with Gasteiger partial charge in [0.2, 0.25) is 0 Å². The summed E-state index contributed by atoms with van der Waals surface area (Å²) in [5.74, 6) is -0.0423. The van der Waals surface area contributed by atoms with E-state index >= 15 is 0 Å². The quantitative estimate of drug-likeness (QED) is 0.554. The van der Waals surface area contributed by atoms with Crippen molar-refractivity contribution in [1.29, 1.82) is 0 Å². The lowest BCUT2D eigenvalue weighted by Crippen LogP contribution is -2.30. The number of halogens is 3. The van der Waals surface area contributed by atoms with E-state index in [1.54, 1.807) is 36.9 Å². The standard InChI is InChI=1S/C20H20ClF2N3O3/c1-4-12(10-28-3)26-18-17(25-11(2)19(26)27)15(7-8-24-18)14-6-5-13(9-16(14)21)29-20(22)23/h5-9,12,20H,4,10H2,1-3H3/t12-/m1/s1. The second-order valence-corrected chi connectivity index (χ2v) is 6.85. The van der Waals surface area contributed by atoms with Crippen LogP contribution in [0.3, 0.4) is 0 Å². The van der Waals surface area contributed by atoms with Gasteiger partial charge in [-0.15, -0.1) is 0 Å². The SMILES string of the molecule is CC[C@H](COC)n1c(=O)c(C)nc2c(-c3ccc(OC(F)F)cc3Cl)ccnc21. The minimum atomic E-state index is -2.94. The number of benzene rings is 1. The molecular formula is C20H20ClF2N3O3. The molecule has 3 aromatic rings. The number of methoxy groups -OCH3 is 1. The summed E-state index contributed by atoms with van der Waals surface area (Å²) in [6, 6.07) is 5.81. The summed E-state index contributed by atoms with van der Waals surface area (Å²) in [7, 11) is 1.57. The zero-order valence-electron chi connectivity index (χ0n) is 16.2. The Kier molecular flexibility index (Phi) is 6.44. The predicted octanol–water partition coefficient (Wildman–Crippen LogP) is 4.62. The number of hydrogen-bond acceptors (Lipinski definition) is 5. The van der Waals surface area contributed by atoms with Gasteiger partial charge in [0.15, 0.2) is 5.65 Å². The molecule has 0 amide bonds. The van der Waals surface area contributed by atoms with Gasteiger partial charge in [-0.1, -0.05) is 18.5 Å². The molecule has 9 heteroatoms. The van der Waals surface area contributed by atoms with Crippen LogP contribution in [0.5, 0.6) is 5.75 Å². The van der Waals surface area contributed by atoms with Crippen LogP contribution in [0, 0.1) is 6.92 Å². The van der Waals surface area contributed by atoms with Crippen LogP contribution in [0.25, 0.3) is 22.3 Å². The van der Waals surface area contributed by atoms with E-state index in [-0.39, 0.29) is 22.4 Å². The molecular weight excluding hydrogens is 404 g/mol. The molecule has 0 N–H and O–H groups in total. The van der Waals surface area contributed by atoms with E-state index in [0.29, 0.717) is 41.0 Å². The van der Waals surface area contributed by atoms with Crippen molar-refractivity contribution in [3.8, 4) is 16.9 Å². The lowest BCUT2D eigenvalue weighted by Gasteiger charge is -2.20. The fourth-order valence-corrected chi connectivity index (χ4v) is 3.50. The largest absolute Gasteiger partial charge is 0.435 e. The maximum Gasteiger partial charge on any atom is 0.387 e. The first-order valence-electron chi connectivity index (χ1n) is 8.98. The zero-order chi connectivity index (χ0) is 21.1. The summed E-state index contributed by atoms with van der Waals surface area (Å²) < 4.78 is 36.2. The molecule has 154 valence electrons. The van der Waals surface area contributed by atoms with Gasteiger partial charge in [0.25, 0.3) is 5.56 Å². The Balaban J connectivity index is 2.24. The van der Waals surface area contributed by atoms with Crippen LogP contribution < -0.4 is 10.3 Å². The van der Waals surface area contributed by atoms with Gasteiger partial charge in [0.1, 0.15) is 17.0 Å². The van der Waals surface area contributed by atoms with Crippen molar-refractivity contribution in [2.75, 3.05) is 13.7 Å². The number of ether oxygens (including phenoxy) is 2. The molecule has 29 heavy (non-hydrogen) atoms. The smallest absolute Gasteiger partial charge is 0.387 e. The lowest BCUT2D eigenvalue weighted by molar-refractivity contribution is -0.0498. The minimum absolute atomic E-state index is 0.0423. The molecule has 0 saturated carbocycles. The average molecular weight is 424 g/mol. The summed E-state index contributed by atoms with van der Waals surface area (Å²) in [5, 5.41) is 0.219. The van der Waals surface area contributed by atoms with Gasteiger partial charge in [-0.2, -0.15) is 8.78 Å². The molecule has 0 unspecified atom stereocenters. The Morgan fingerprint density at radius 1 is 1.24 bits per heavy atom. The fraction of sp³-hybridized carbons (Fsp3) is 0.350. The van der Waals surface area contributed by atoms with Crippen molar-refractivity contribution in [2.24, 2.45) is 0 Å². The number of pyridine rings is 1. The van der Waals surface area contributed by atoms with Gasteiger partial charge in [-0.05, 0) is 37.6 Å². The van der Waals surface area contributed by atoms with Gasteiger partial charge in [0, 0.05) is 24.4 Å². The molecule has 0 spiro atoms. The first kappa shape index (κ1) is 21.1. The van der Waals surface area contributed by atoms with E-state index in [1.807, 2.05) is 6.92 Å². The molecule has 0 radical (unpaired) electrons. The summed E-state index contributed by atoms with van der Waals surface area (Å²) in [5.41, 5.74) is 2.17.